The lowest BCUT2D eigenvalue weighted by molar-refractivity contribution is -0.143. The summed E-state index contributed by atoms with van der Waals surface area (Å²) in [6.45, 7) is 2.47. The summed E-state index contributed by atoms with van der Waals surface area (Å²) in [5, 5.41) is 11.8. The van der Waals surface area contributed by atoms with Gasteiger partial charge in [-0.2, -0.15) is 0 Å². The lowest BCUT2D eigenvalue weighted by Gasteiger charge is -2.27. The molecule has 2 rings (SSSR count). The number of carbonyl (C=O) groups excluding carboxylic acids is 1. The molecule has 108 valence electrons. The van der Waals surface area contributed by atoms with Crippen molar-refractivity contribution in [3.8, 4) is 0 Å². The van der Waals surface area contributed by atoms with Gasteiger partial charge in [-0.15, -0.1) is 0 Å². The summed E-state index contributed by atoms with van der Waals surface area (Å²) in [5.41, 5.74) is -0.699. The van der Waals surface area contributed by atoms with Gasteiger partial charge < -0.3 is 20.1 Å². The van der Waals surface area contributed by atoms with E-state index in [0.29, 0.717) is 25.3 Å². The molecule has 0 spiro atoms. The number of hydrogen-bond donors (Lipinski definition) is 2. The average molecular weight is 270 g/mol. The Morgan fingerprint density at radius 3 is 2.53 bits per heavy atom. The molecule has 2 fully saturated rings. The molecule has 1 heterocycles. The number of carbonyl (C=O) groups is 2. The van der Waals surface area contributed by atoms with Gasteiger partial charge in [0.15, 0.2) is 0 Å². The van der Waals surface area contributed by atoms with Gasteiger partial charge in [-0.25, -0.2) is 4.79 Å². The molecule has 6 heteroatoms. The number of carboxylic acid groups (broad SMARTS) is 1. The van der Waals surface area contributed by atoms with Crippen molar-refractivity contribution < 1.29 is 19.4 Å². The average Bonchev–Trinajstić information content (AvgIpc) is 3.18. The standard InChI is InChI=1S/C13H22N2O4/c1-15(8-10-2-6-19-7-3-10)12(18)14-9-13(4-5-13)11(16)17/h10H,2-9H2,1H3,(H,14,18)(H,16,17). The van der Waals surface area contributed by atoms with Crippen molar-refractivity contribution >= 4 is 12.0 Å². The fourth-order valence-corrected chi connectivity index (χ4v) is 2.40. The monoisotopic (exact) mass is 270 g/mol. The minimum Gasteiger partial charge on any atom is -0.481 e. The van der Waals surface area contributed by atoms with Gasteiger partial charge in [-0.05, 0) is 31.6 Å². The van der Waals surface area contributed by atoms with Crippen molar-refractivity contribution in [2.24, 2.45) is 11.3 Å². The van der Waals surface area contributed by atoms with Crippen LogP contribution in [0.5, 0.6) is 0 Å². The van der Waals surface area contributed by atoms with E-state index in [9.17, 15) is 9.59 Å². The second-order valence-corrected chi connectivity index (χ2v) is 5.68. The summed E-state index contributed by atoms with van der Waals surface area (Å²) in [7, 11) is 1.76. The SMILES string of the molecule is CN(CC1CCOCC1)C(=O)NCC1(C(=O)O)CC1. The highest BCUT2D eigenvalue weighted by atomic mass is 16.5. The Kier molecular flexibility index (Phi) is 4.29. The second-order valence-electron chi connectivity index (χ2n) is 5.68. The summed E-state index contributed by atoms with van der Waals surface area (Å²) in [4.78, 5) is 24.6. The number of hydrogen-bond acceptors (Lipinski definition) is 3. The van der Waals surface area contributed by atoms with E-state index < -0.39 is 11.4 Å². The molecular weight excluding hydrogens is 248 g/mol. The Morgan fingerprint density at radius 1 is 1.37 bits per heavy atom. The topological polar surface area (TPSA) is 78.9 Å². The van der Waals surface area contributed by atoms with Crippen LogP contribution in [-0.4, -0.2) is 55.4 Å². The number of nitrogens with zero attached hydrogens (tertiary/aromatic N) is 1. The highest BCUT2D eigenvalue weighted by Gasteiger charge is 2.50. The summed E-state index contributed by atoms with van der Waals surface area (Å²) < 4.78 is 5.28. The van der Waals surface area contributed by atoms with Crippen LogP contribution in [0.15, 0.2) is 0 Å². The first kappa shape index (κ1) is 14.1. The summed E-state index contributed by atoms with van der Waals surface area (Å²) in [6.07, 6.45) is 3.28. The molecule has 2 aliphatic rings. The Hall–Kier alpha value is -1.30. The lowest BCUT2D eigenvalue weighted by Crippen LogP contribution is -2.44. The normalized spacial score (nSPS) is 21.7. The first-order chi connectivity index (χ1) is 9.03. The van der Waals surface area contributed by atoms with Crippen LogP contribution in [0.4, 0.5) is 4.79 Å². The van der Waals surface area contributed by atoms with E-state index >= 15 is 0 Å². The van der Waals surface area contributed by atoms with E-state index in [1.54, 1.807) is 11.9 Å². The highest BCUT2D eigenvalue weighted by Crippen LogP contribution is 2.45. The molecule has 0 atom stereocenters. The molecule has 0 aromatic heterocycles. The van der Waals surface area contributed by atoms with E-state index in [2.05, 4.69) is 5.32 Å². The minimum atomic E-state index is -0.806. The second kappa shape index (κ2) is 5.77. The zero-order valence-corrected chi connectivity index (χ0v) is 11.4. The highest BCUT2D eigenvalue weighted by molar-refractivity contribution is 5.80. The minimum absolute atomic E-state index is 0.181. The fourth-order valence-electron chi connectivity index (χ4n) is 2.40. The molecule has 1 aliphatic heterocycles. The van der Waals surface area contributed by atoms with Crippen molar-refractivity contribution in [1.82, 2.24) is 10.2 Å². The van der Waals surface area contributed by atoms with Gasteiger partial charge in [0.25, 0.3) is 0 Å². The summed E-state index contributed by atoms with van der Waals surface area (Å²) in [6, 6.07) is -0.181. The van der Waals surface area contributed by atoms with Gasteiger partial charge in [-0.1, -0.05) is 0 Å². The van der Waals surface area contributed by atoms with Gasteiger partial charge in [0, 0.05) is 33.4 Å². The zero-order valence-electron chi connectivity index (χ0n) is 11.4. The fraction of sp³-hybridized carbons (Fsp3) is 0.846. The molecule has 1 aliphatic carbocycles. The van der Waals surface area contributed by atoms with Crippen LogP contribution in [0, 0.1) is 11.3 Å². The van der Waals surface area contributed by atoms with Crippen LogP contribution < -0.4 is 5.32 Å². The largest absolute Gasteiger partial charge is 0.481 e. The van der Waals surface area contributed by atoms with Gasteiger partial charge in [0.05, 0.1) is 5.41 Å². The lowest BCUT2D eigenvalue weighted by atomic mass is 10.00. The number of amides is 2. The number of rotatable bonds is 5. The van der Waals surface area contributed by atoms with Crippen LogP contribution >= 0.6 is 0 Å². The predicted octanol–water partition coefficient (Wildman–Crippen LogP) is 0.919. The van der Waals surface area contributed by atoms with E-state index in [4.69, 9.17) is 9.84 Å². The third kappa shape index (κ3) is 3.59. The van der Waals surface area contributed by atoms with E-state index in [-0.39, 0.29) is 12.6 Å². The molecule has 0 aromatic rings. The molecular formula is C13H22N2O4. The zero-order chi connectivity index (χ0) is 13.9. The Bertz CT molecular complexity index is 349. The first-order valence-corrected chi connectivity index (χ1v) is 6.84. The van der Waals surface area contributed by atoms with Crippen LogP contribution in [0.2, 0.25) is 0 Å². The maximum atomic E-state index is 11.9. The summed E-state index contributed by atoms with van der Waals surface area (Å²) >= 11 is 0. The molecule has 1 saturated heterocycles. The van der Waals surface area contributed by atoms with Gasteiger partial charge in [0.2, 0.25) is 0 Å². The van der Waals surface area contributed by atoms with Crippen LogP contribution in [0.25, 0.3) is 0 Å². The molecule has 0 bridgehead atoms. The molecule has 2 N–H and O–H groups in total. The van der Waals surface area contributed by atoms with E-state index in [0.717, 1.165) is 26.1 Å². The molecule has 2 amide bonds. The van der Waals surface area contributed by atoms with Crippen LogP contribution in [0.3, 0.4) is 0 Å². The van der Waals surface area contributed by atoms with Gasteiger partial charge in [-0.3, -0.25) is 4.79 Å². The maximum absolute atomic E-state index is 11.9. The molecule has 0 aromatic carbocycles. The van der Waals surface area contributed by atoms with Gasteiger partial charge >= 0.3 is 12.0 Å². The first-order valence-electron chi connectivity index (χ1n) is 6.84. The number of urea groups is 1. The van der Waals surface area contributed by atoms with Crippen LogP contribution in [-0.2, 0) is 9.53 Å². The Labute approximate surface area is 113 Å². The quantitative estimate of drug-likeness (QED) is 0.778. The van der Waals surface area contributed by atoms with E-state index in [1.165, 1.54) is 0 Å². The number of carboxylic acids is 1. The van der Waals surface area contributed by atoms with Crippen molar-refractivity contribution in [3.05, 3.63) is 0 Å². The van der Waals surface area contributed by atoms with Crippen molar-refractivity contribution in [2.45, 2.75) is 25.7 Å². The van der Waals surface area contributed by atoms with Crippen molar-refractivity contribution in [3.63, 3.8) is 0 Å². The number of aliphatic carboxylic acids is 1. The van der Waals surface area contributed by atoms with Gasteiger partial charge in [0.1, 0.15) is 0 Å². The third-order valence-electron chi connectivity index (χ3n) is 4.10. The van der Waals surface area contributed by atoms with Crippen LogP contribution in [0.1, 0.15) is 25.7 Å². The third-order valence-corrected chi connectivity index (χ3v) is 4.10. The van der Waals surface area contributed by atoms with Crippen molar-refractivity contribution in [2.75, 3.05) is 33.4 Å². The van der Waals surface area contributed by atoms with Crippen molar-refractivity contribution in [1.29, 1.82) is 0 Å². The summed E-state index contributed by atoms with van der Waals surface area (Å²) in [5.74, 6) is -0.321. The smallest absolute Gasteiger partial charge is 0.317 e. The van der Waals surface area contributed by atoms with E-state index in [1.807, 2.05) is 0 Å². The predicted molar refractivity (Wildman–Crippen MR) is 68.9 cm³/mol. The number of nitrogens with one attached hydrogen (secondary N) is 1. The number of ether oxygens (including phenoxy) is 1. The molecule has 6 nitrogen and oxygen atoms in total. The molecule has 19 heavy (non-hydrogen) atoms. The molecule has 1 saturated carbocycles. The molecule has 0 unspecified atom stereocenters. The maximum Gasteiger partial charge on any atom is 0.317 e. The Morgan fingerprint density at radius 2 is 2.00 bits per heavy atom. The Balaban J connectivity index is 1.71. The molecule has 0 radical (unpaired) electrons.